The van der Waals surface area contributed by atoms with E-state index in [-0.39, 0.29) is 28.5 Å². The van der Waals surface area contributed by atoms with Crippen LogP contribution < -0.4 is 10.6 Å². The highest BCUT2D eigenvalue weighted by Gasteiger charge is 2.27. The average Bonchev–Trinajstić information content (AvgIpc) is 3.31. The van der Waals surface area contributed by atoms with Gasteiger partial charge in [0.05, 0.1) is 34.6 Å². The van der Waals surface area contributed by atoms with E-state index in [0.29, 0.717) is 46.0 Å². The molecule has 0 fully saturated rings. The standard InChI is InChI=1S/C28H31Cl2N5O4S/c1-5-12-35-25(24(17(3)4)32-26(37)21-11-10-19(29)15-22(21)30)33-34-28(35)40-16-23(36)31-20-9-7-8-18(14-20)27(38)39-13-6-2/h5,7-11,14-15,17,24H,1,6,12-13,16H2,2-4H3,(H,31,36)(H,32,37)/t24-/m1/s1. The molecule has 0 unspecified atom stereocenters. The van der Waals surface area contributed by atoms with Gasteiger partial charge in [0, 0.05) is 17.3 Å². The zero-order chi connectivity index (χ0) is 29.2. The van der Waals surface area contributed by atoms with E-state index in [1.807, 2.05) is 25.3 Å². The Bertz CT molecular complexity index is 1380. The summed E-state index contributed by atoms with van der Waals surface area (Å²) in [7, 11) is 0. The molecule has 9 nitrogen and oxygen atoms in total. The van der Waals surface area contributed by atoms with E-state index in [2.05, 4.69) is 27.4 Å². The monoisotopic (exact) mass is 603 g/mol. The van der Waals surface area contributed by atoms with Gasteiger partial charge in [-0.15, -0.1) is 16.8 Å². The maximum atomic E-state index is 13.0. The van der Waals surface area contributed by atoms with Crippen LogP contribution in [0.4, 0.5) is 5.69 Å². The van der Waals surface area contributed by atoms with Crippen molar-refractivity contribution in [3.63, 3.8) is 0 Å². The summed E-state index contributed by atoms with van der Waals surface area (Å²) in [5.74, 6) is -0.580. The van der Waals surface area contributed by atoms with Crippen molar-refractivity contribution in [2.24, 2.45) is 5.92 Å². The van der Waals surface area contributed by atoms with E-state index in [0.717, 1.165) is 6.42 Å². The second-order valence-electron chi connectivity index (χ2n) is 9.11. The van der Waals surface area contributed by atoms with Crippen LogP contribution in [0.3, 0.4) is 0 Å². The smallest absolute Gasteiger partial charge is 0.338 e. The van der Waals surface area contributed by atoms with Crippen LogP contribution in [0.25, 0.3) is 0 Å². The SMILES string of the molecule is C=CCn1c(SCC(=O)Nc2cccc(C(=O)OCCC)c2)nnc1[C@H](NC(=O)c1ccc(Cl)cc1Cl)C(C)C. The number of hydrogen-bond donors (Lipinski definition) is 2. The molecule has 2 N–H and O–H groups in total. The third-order valence-corrected chi connectivity index (χ3v) is 7.13. The number of amides is 2. The summed E-state index contributed by atoms with van der Waals surface area (Å²) < 4.78 is 6.97. The number of ether oxygens (including phenoxy) is 1. The molecule has 3 aromatic rings. The number of hydrogen-bond acceptors (Lipinski definition) is 7. The number of esters is 1. The number of aromatic nitrogens is 3. The second-order valence-corrected chi connectivity index (χ2v) is 10.9. The number of nitrogens with zero attached hydrogens (tertiary/aromatic N) is 3. The summed E-state index contributed by atoms with van der Waals surface area (Å²) in [5, 5.41) is 15.6. The Hall–Kier alpha value is -3.34. The molecule has 0 aliphatic heterocycles. The lowest BCUT2D eigenvalue weighted by Gasteiger charge is -2.23. The van der Waals surface area contributed by atoms with Gasteiger partial charge in [0.1, 0.15) is 0 Å². The van der Waals surface area contributed by atoms with Crippen molar-refractivity contribution >= 4 is 58.4 Å². The maximum absolute atomic E-state index is 13.0. The summed E-state index contributed by atoms with van der Waals surface area (Å²) in [4.78, 5) is 37.9. The molecule has 1 heterocycles. The van der Waals surface area contributed by atoms with Crippen LogP contribution in [0.15, 0.2) is 60.3 Å². The Morgan fingerprint density at radius 3 is 2.60 bits per heavy atom. The Morgan fingerprint density at radius 2 is 1.93 bits per heavy atom. The van der Waals surface area contributed by atoms with Crippen molar-refractivity contribution in [2.45, 2.75) is 44.9 Å². The number of carbonyl (C=O) groups is 3. The highest BCUT2D eigenvalue weighted by atomic mass is 35.5. The Labute approximate surface area is 247 Å². The van der Waals surface area contributed by atoms with Gasteiger partial charge >= 0.3 is 5.97 Å². The number of halogens is 2. The Balaban J connectivity index is 1.72. The first-order valence-electron chi connectivity index (χ1n) is 12.6. The van der Waals surface area contributed by atoms with Crippen molar-refractivity contribution in [2.75, 3.05) is 17.7 Å². The molecular formula is C28H31Cl2N5O4S. The summed E-state index contributed by atoms with van der Waals surface area (Å²) in [6, 6.07) is 10.8. The zero-order valence-electron chi connectivity index (χ0n) is 22.4. The minimum atomic E-state index is -0.495. The van der Waals surface area contributed by atoms with Gasteiger partial charge < -0.3 is 19.9 Å². The van der Waals surface area contributed by atoms with Crippen LogP contribution in [-0.2, 0) is 16.1 Å². The molecule has 0 saturated heterocycles. The molecule has 3 rings (SSSR count). The van der Waals surface area contributed by atoms with E-state index in [9.17, 15) is 14.4 Å². The van der Waals surface area contributed by atoms with Gasteiger partial charge in [-0.25, -0.2) is 4.79 Å². The predicted octanol–water partition coefficient (Wildman–Crippen LogP) is 6.20. The third kappa shape index (κ3) is 8.33. The molecule has 0 radical (unpaired) electrons. The number of allylic oxidation sites excluding steroid dienone is 1. The van der Waals surface area contributed by atoms with Crippen LogP contribution in [0.2, 0.25) is 10.0 Å². The summed E-state index contributed by atoms with van der Waals surface area (Å²) in [6.45, 7) is 10.3. The molecule has 0 saturated carbocycles. The molecule has 1 aromatic heterocycles. The van der Waals surface area contributed by atoms with Crippen molar-refractivity contribution in [1.82, 2.24) is 20.1 Å². The molecule has 12 heteroatoms. The van der Waals surface area contributed by atoms with Crippen molar-refractivity contribution in [3.8, 4) is 0 Å². The van der Waals surface area contributed by atoms with Gasteiger partial charge in [0.25, 0.3) is 5.91 Å². The highest BCUT2D eigenvalue weighted by Crippen LogP contribution is 2.27. The number of thioether (sulfide) groups is 1. The molecular weight excluding hydrogens is 573 g/mol. The molecule has 40 heavy (non-hydrogen) atoms. The fourth-order valence-corrected chi connectivity index (χ4v) is 4.94. The molecule has 0 aliphatic rings. The quantitative estimate of drug-likeness (QED) is 0.136. The number of anilines is 1. The van der Waals surface area contributed by atoms with E-state index in [1.165, 1.54) is 17.8 Å². The second kappa shape index (κ2) is 14.9. The van der Waals surface area contributed by atoms with Crippen LogP contribution >= 0.6 is 35.0 Å². The van der Waals surface area contributed by atoms with E-state index < -0.39 is 12.0 Å². The molecule has 2 amide bonds. The van der Waals surface area contributed by atoms with Gasteiger partial charge in [-0.2, -0.15) is 0 Å². The first-order valence-corrected chi connectivity index (χ1v) is 14.4. The predicted molar refractivity (Wildman–Crippen MR) is 158 cm³/mol. The molecule has 1 atom stereocenters. The Kier molecular flexibility index (Phi) is 11.6. The lowest BCUT2D eigenvalue weighted by atomic mass is 10.0. The molecule has 0 bridgehead atoms. The highest BCUT2D eigenvalue weighted by molar-refractivity contribution is 7.99. The van der Waals surface area contributed by atoms with Crippen LogP contribution in [0.1, 0.15) is 59.8 Å². The topological polar surface area (TPSA) is 115 Å². The summed E-state index contributed by atoms with van der Waals surface area (Å²) in [5.41, 5.74) is 1.13. The number of carbonyl (C=O) groups excluding carboxylic acids is 3. The number of rotatable bonds is 13. The van der Waals surface area contributed by atoms with Gasteiger partial charge in [-0.1, -0.05) is 67.9 Å². The number of nitrogens with one attached hydrogen (secondary N) is 2. The van der Waals surface area contributed by atoms with Crippen LogP contribution in [0.5, 0.6) is 0 Å². The zero-order valence-corrected chi connectivity index (χ0v) is 24.8. The minimum absolute atomic E-state index is 0.0405. The molecule has 0 aliphatic carbocycles. The number of benzene rings is 2. The van der Waals surface area contributed by atoms with Gasteiger partial charge in [0.2, 0.25) is 5.91 Å². The van der Waals surface area contributed by atoms with Gasteiger partial charge in [0.15, 0.2) is 11.0 Å². The normalized spacial score (nSPS) is 11.7. The minimum Gasteiger partial charge on any atom is -0.462 e. The van der Waals surface area contributed by atoms with Crippen molar-refractivity contribution in [3.05, 3.63) is 82.1 Å². The third-order valence-electron chi connectivity index (χ3n) is 5.62. The van der Waals surface area contributed by atoms with Crippen molar-refractivity contribution < 1.29 is 19.1 Å². The molecule has 0 spiro atoms. The average molecular weight is 605 g/mol. The first kappa shape index (κ1) is 31.2. The summed E-state index contributed by atoms with van der Waals surface area (Å²) in [6.07, 6.45) is 2.41. The lowest BCUT2D eigenvalue weighted by Crippen LogP contribution is -2.34. The lowest BCUT2D eigenvalue weighted by molar-refractivity contribution is -0.113. The van der Waals surface area contributed by atoms with E-state index >= 15 is 0 Å². The van der Waals surface area contributed by atoms with E-state index in [1.54, 1.807) is 42.5 Å². The largest absolute Gasteiger partial charge is 0.462 e. The summed E-state index contributed by atoms with van der Waals surface area (Å²) >= 11 is 13.4. The first-order chi connectivity index (χ1) is 19.1. The van der Waals surface area contributed by atoms with Crippen LogP contribution in [0, 0.1) is 5.92 Å². The van der Waals surface area contributed by atoms with Crippen molar-refractivity contribution in [1.29, 1.82) is 0 Å². The van der Waals surface area contributed by atoms with Gasteiger partial charge in [-0.3, -0.25) is 9.59 Å². The van der Waals surface area contributed by atoms with Gasteiger partial charge in [-0.05, 0) is 48.7 Å². The fourth-order valence-electron chi connectivity index (χ4n) is 3.69. The molecule has 212 valence electrons. The molecule has 2 aromatic carbocycles. The Morgan fingerprint density at radius 1 is 1.15 bits per heavy atom. The fraction of sp³-hybridized carbons (Fsp3) is 0.321. The van der Waals surface area contributed by atoms with Crippen LogP contribution in [-0.4, -0.2) is 44.9 Å². The maximum Gasteiger partial charge on any atom is 0.338 e. The van der Waals surface area contributed by atoms with E-state index in [4.69, 9.17) is 27.9 Å².